The van der Waals surface area contributed by atoms with Crippen molar-refractivity contribution in [2.45, 2.75) is 20.8 Å². The monoisotopic (exact) mass is 439 g/mol. The zero-order chi connectivity index (χ0) is 21.8. The van der Waals surface area contributed by atoms with Crippen molar-refractivity contribution >= 4 is 32.6 Å². The van der Waals surface area contributed by atoms with Gasteiger partial charge in [-0.05, 0) is 44.0 Å². The lowest BCUT2D eigenvalue weighted by atomic mass is 10.1. The molecule has 0 unspecified atom stereocenters. The summed E-state index contributed by atoms with van der Waals surface area (Å²) in [6, 6.07) is 11.9. The third-order valence-corrected chi connectivity index (χ3v) is 6.80. The SMILES string of the molecule is Cc1ccc(OCC(=O)N(CCN2CCOCC2)c2nc3c(C)ccc(C)c3s2)cc1. The number of aromatic nitrogens is 1. The maximum Gasteiger partial charge on any atom is 0.266 e. The lowest BCUT2D eigenvalue weighted by molar-refractivity contribution is -0.120. The largest absolute Gasteiger partial charge is 0.484 e. The number of nitrogens with zero attached hydrogens (tertiary/aromatic N) is 3. The summed E-state index contributed by atoms with van der Waals surface area (Å²) < 4.78 is 12.4. The number of carbonyl (C=O) groups is 1. The highest BCUT2D eigenvalue weighted by molar-refractivity contribution is 7.22. The van der Waals surface area contributed by atoms with E-state index < -0.39 is 0 Å². The maximum atomic E-state index is 13.2. The van der Waals surface area contributed by atoms with Gasteiger partial charge in [-0.3, -0.25) is 14.6 Å². The summed E-state index contributed by atoms with van der Waals surface area (Å²) in [6.07, 6.45) is 0. The van der Waals surface area contributed by atoms with Crippen molar-refractivity contribution in [3.63, 3.8) is 0 Å². The van der Waals surface area contributed by atoms with Gasteiger partial charge in [0.05, 0.1) is 23.4 Å². The quantitative estimate of drug-likeness (QED) is 0.558. The van der Waals surface area contributed by atoms with Crippen molar-refractivity contribution in [1.82, 2.24) is 9.88 Å². The fourth-order valence-electron chi connectivity index (χ4n) is 3.61. The predicted octanol–water partition coefficient (Wildman–Crippen LogP) is 3.97. The summed E-state index contributed by atoms with van der Waals surface area (Å²) in [5.74, 6) is 0.617. The summed E-state index contributed by atoms with van der Waals surface area (Å²) in [5, 5.41) is 0.734. The lowest BCUT2D eigenvalue weighted by Gasteiger charge is -2.29. The molecule has 2 heterocycles. The molecular formula is C24H29N3O3S. The molecule has 0 bridgehead atoms. The number of anilines is 1. The van der Waals surface area contributed by atoms with Gasteiger partial charge >= 0.3 is 0 Å². The topological polar surface area (TPSA) is 54.9 Å². The molecule has 0 aliphatic carbocycles. The van der Waals surface area contributed by atoms with E-state index in [1.165, 1.54) is 5.56 Å². The molecule has 6 nitrogen and oxygen atoms in total. The van der Waals surface area contributed by atoms with Gasteiger partial charge in [-0.15, -0.1) is 0 Å². The number of amides is 1. The van der Waals surface area contributed by atoms with Crippen LogP contribution in [0.5, 0.6) is 5.75 Å². The second-order valence-corrected chi connectivity index (χ2v) is 8.95. The predicted molar refractivity (Wildman–Crippen MR) is 125 cm³/mol. The Kier molecular flexibility index (Phi) is 6.85. The Balaban J connectivity index is 1.54. The van der Waals surface area contributed by atoms with Gasteiger partial charge in [0, 0.05) is 26.2 Å². The summed E-state index contributed by atoms with van der Waals surface area (Å²) in [4.78, 5) is 22.2. The molecule has 0 N–H and O–H groups in total. The molecule has 0 saturated carbocycles. The first kappa shape index (κ1) is 21.7. The van der Waals surface area contributed by atoms with Gasteiger partial charge in [0.1, 0.15) is 5.75 Å². The number of hydrogen-bond donors (Lipinski definition) is 0. The summed E-state index contributed by atoms with van der Waals surface area (Å²) in [7, 11) is 0. The number of thiazole rings is 1. The maximum absolute atomic E-state index is 13.2. The first-order valence-corrected chi connectivity index (χ1v) is 11.5. The summed E-state index contributed by atoms with van der Waals surface area (Å²) in [6.45, 7) is 10.8. The Labute approximate surface area is 187 Å². The van der Waals surface area contributed by atoms with Crippen LogP contribution in [0.25, 0.3) is 10.2 Å². The molecule has 1 amide bonds. The highest BCUT2D eigenvalue weighted by atomic mass is 32.1. The smallest absolute Gasteiger partial charge is 0.266 e. The minimum Gasteiger partial charge on any atom is -0.484 e. The zero-order valence-corrected chi connectivity index (χ0v) is 19.2. The first-order valence-electron chi connectivity index (χ1n) is 10.7. The van der Waals surface area contributed by atoms with E-state index in [9.17, 15) is 4.79 Å². The van der Waals surface area contributed by atoms with E-state index in [2.05, 4.69) is 30.9 Å². The fraction of sp³-hybridized carbons (Fsp3) is 0.417. The van der Waals surface area contributed by atoms with Gasteiger partial charge in [-0.25, -0.2) is 4.98 Å². The third kappa shape index (κ3) is 5.23. The molecule has 7 heteroatoms. The van der Waals surface area contributed by atoms with Crippen LogP contribution in [-0.4, -0.2) is 61.8 Å². The molecule has 0 atom stereocenters. The highest BCUT2D eigenvalue weighted by Gasteiger charge is 2.23. The first-order chi connectivity index (χ1) is 15.0. The van der Waals surface area contributed by atoms with Gasteiger partial charge in [0.2, 0.25) is 0 Å². The number of hydrogen-bond acceptors (Lipinski definition) is 6. The Morgan fingerprint density at radius 2 is 1.81 bits per heavy atom. The number of ether oxygens (including phenoxy) is 2. The number of benzene rings is 2. The van der Waals surface area contributed by atoms with Crippen molar-refractivity contribution in [2.75, 3.05) is 50.9 Å². The van der Waals surface area contributed by atoms with E-state index in [0.717, 1.165) is 59.3 Å². The Morgan fingerprint density at radius 1 is 1.10 bits per heavy atom. The number of fused-ring (bicyclic) bond motifs is 1. The number of rotatable bonds is 7. The van der Waals surface area contributed by atoms with Gasteiger partial charge in [-0.1, -0.05) is 41.2 Å². The van der Waals surface area contributed by atoms with E-state index in [1.807, 2.05) is 31.2 Å². The minimum absolute atomic E-state index is 0.0138. The highest BCUT2D eigenvalue weighted by Crippen LogP contribution is 2.33. The van der Waals surface area contributed by atoms with Crippen LogP contribution in [0.3, 0.4) is 0 Å². The van der Waals surface area contributed by atoms with Crippen molar-refractivity contribution in [3.8, 4) is 5.75 Å². The van der Waals surface area contributed by atoms with Crippen LogP contribution in [0.1, 0.15) is 16.7 Å². The van der Waals surface area contributed by atoms with Crippen LogP contribution < -0.4 is 9.64 Å². The van der Waals surface area contributed by atoms with Crippen LogP contribution in [0.2, 0.25) is 0 Å². The fourth-order valence-corrected chi connectivity index (χ4v) is 4.77. The van der Waals surface area contributed by atoms with Gasteiger partial charge < -0.3 is 9.47 Å². The minimum atomic E-state index is -0.0804. The molecule has 0 spiro atoms. The summed E-state index contributed by atoms with van der Waals surface area (Å²) in [5.41, 5.74) is 4.44. The molecule has 1 aromatic heterocycles. The van der Waals surface area contributed by atoms with E-state index >= 15 is 0 Å². The van der Waals surface area contributed by atoms with Crippen LogP contribution in [0.15, 0.2) is 36.4 Å². The van der Waals surface area contributed by atoms with E-state index in [1.54, 1.807) is 16.2 Å². The average molecular weight is 440 g/mol. The average Bonchev–Trinajstić information content (AvgIpc) is 3.23. The third-order valence-electron chi connectivity index (χ3n) is 5.59. The van der Waals surface area contributed by atoms with E-state index in [0.29, 0.717) is 12.3 Å². The molecule has 1 fully saturated rings. The van der Waals surface area contributed by atoms with Crippen LogP contribution in [0, 0.1) is 20.8 Å². The molecule has 3 aromatic rings. The summed E-state index contributed by atoms with van der Waals surface area (Å²) >= 11 is 1.58. The number of aryl methyl sites for hydroxylation is 3. The van der Waals surface area contributed by atoms with Crippen molar-refractivity contribution < 1.29 is 14.3 Å². The second-order valence-electron chi connectivity index (χ2n) is 7.97. The number of morpholine rings is 1. The lowest BCUT2D eigenvalue weighted by Crippen LogP contribution is -2.44. The zero-order valence-electron chi connectivity index (χ0n) is 18.4. The van der Waals surface area contributed by atoms with Gasteiger partial charge in [-0.2, -0.15) is 0 Å². The van der Waals surface area contributed by atoms with E-state index in [4.69, 9.17) is 14.5 Å². The van der Waals surface area contributed by atoms with Crippen molar-refractivity contribution in [1.29, 1.82) is 0 Å². The van der Waals surface area contributed by atoms with Gasteiger partial charge in [0.15, 0.2) is 11.7 Å². The van der Waals surface area contributed by atoms with Gasteiger partial charge in [0.25, 0.3) is 5.91 Å². The van der Waals surface area contributed by atoms with Crippen molar-refractivity contribution in [3.05, 3.63) is 53.1 Å². The van der Waals surface area contributed by atoms with Crippen LogP contribution in [-0.2, 0) is 9.53 Å². The molecular weight excluding hydrogens is 410 g/mol. The standard InChI is InChI=1S/C24H29N3O3S/c1-17-4-8-20(9-5-17)30-16-21(28)27(11-10-26-12-14-29-15-13-26)24-25-22-18(2)6-7-19(3)23(22)31-24/h4-9H,10-16H2,1-3H3. The Hall–Kier alpha value is -2.48. The normalized spacial score (nSPS) is 14.7. The molecule has 1 aliphatic rings. The van der Waals surface area contributed by atoms with Crippen LogP contribution >= 0.6 is 11.3 Å². The molecule has 1 saturated heterocycles. The second kappa shape index (κ2) is 9.77. The number of carbonyl (C=O) groups excluding carboxylic acids is 1. The van der Waals surface area contributed by atoms with Crippen LogP contribution in [0.4, 0.5) is 5.13 Å². The molecule has 4 rings (SSSR count). The van der Waals surface area contributed by atoms with E-state index in [-0.39, 0.29) is 12.5 Å². The molecule has 31 heavy (non-hydrogen) atoms. The molecule has 1 aliphatic heterocycles. The Morgan fingerprint density at radius 3 is 2.52 bits per heavy atom. The molecule has 164 valence electrons. The molecule has 2 aromatic carbocycles. The van der Waals surface area contributed by atoms with Crippen molar-refractivity contribution in [2.24, 2.45) is 0 Å². The Bertz CT molecular complexity index is 1000. The molecule has 0 radical (unpaired) electrons.